The van der Waals surface area contributed by atoms with Gasteiger partial charge in [0.2, 0.25) is 0 Å². The molecule has 9 nitrogen and oxygen atoms in total. The molecule has 34 heavy (non-hydrogen) atoms. The zero-order valence-electron chi connectivity index (χ0n) is 18.9. The van der Waals surface area contributed by atoms with Crippen molar-refractivity contribution < 1.29 is 14.3 Å². The van der Waals surface area contributed by atoms with Crippen molar-refractivity contribution in [3.63, 3.8) is 0 Å². The quantitative estimate of drug-likeness (QED) is 0.522. The molecule has 0 fully saturated rings. The maximum Gasteiger partial charge on any atom is 0.322 e. The Morgan fingerprint density at radius 2 is 2.00 bits per heavy atom. The number of anilines is 1. The monoisotopic (exact) mass is 480 g/mol. The third-order valence-corrected chi connectivity index (χ3v) is 5.63. The number of nitrogens with two attached hydrogens (primary N) is 1. The summed E-state index contributed by atoms with van der Waals surface area (Å²) in [6, 6.07) is 12.3. The maximum atomic E-state index is 12.9. The minimum atomic E-state index is -0.621. The van der Waals surface area contributed by atoms with E-state index in [9.17, 15) is 9.59 Å². The van der Waals surface area contributed by atoms with Crippen LogP contribution in [0.15, 0.2) is 47.5 Å². The molecule has 0 unspecified atom stereocenters. The van der Waals surface area contributed by atoms with E-state index in [1.807, 2.05) is 31.2 Å². The molecule has 3 N–H and O–H groups in total. The number of primary amides is 1. The Hall–Kier alpha value is -3.85. The first kappa shape index (κ1) is 23.3. The Morgan fingerprint density at radius 1 is 1.24 bits per heavy atom. The molecule has 3 amide bonds. The van der Waals surface area contributed by atoms with Crippen molar-refractivity contribution in [1.29, 1.82) is 0 Å². The molecule has 3 aromatic rings. The predicted octanol–water partition coefficient (Wildman–Crippen LogP) is 3.80. The lowest BCUT2D eigenvalue weighted by molar-refractivity contribution is 0.0997. The van der Waals surface area contributed by atoms with Gasteiger partial charge in [0.05, 0.1) is 31.0 Å². The zero-order chi connectivity index (χ0) is 24.2. The van der Waals surface area contributed by atoms with E-state index in [1.54, 1.807) is 41.0 Å². The lowest BCUT2D eigenvalue weighted by Crippen LogP contribution is -2.41. The van der Waals surface area contributed by atoms with Gasteiger partial charge >= 0.3 is 6.03 Å². The van der Waals surface area contributed by atoms with Crippen LogP contribution in [0.4, 0.5) is 10.5 Å². The first-order valence-electron chi connectivity index (χ1n) is 10.8. The van der Waals surface area contributed by atoms with Gasteiger partial charge in [-0.05, 0) is 42.8 Å². The summed E-state index contributed by atoms with van der Waals surface area (Å²) in [5, 5.41) is 7.97. The van der Waals surface area contributed by atoms with Crippen LogP contribution in [0.25, 0.3) is 11.3 Å². The van der Waals surface area contributed by atoms with Crippen molar-refractivity contribution in [2.24, 2.45) is 10.7 Å². The standard InChI is InChI=1S/C24H25ClN6O3/c1-3-34-19-11-16(10-17(25)12-19)22-21(23(26)32)20-14-30(8-9-31(20)29-22)24(33)28-18-6-4-15(5-7-18)13-27-2/h4-7,10-13H,3,8-9,14H2,1-2H3,(H2,26,32)(H,28,33). The predicted molar refractivity (Wildman–Crippen MR) is 132 cm³/mol. The van der Waals surface area contributed by atoms with Crippen LogP contribution in [-0.4, -0.2) is 53.0 Å². The Balaban J connectivity index is 1.60. The second-order valence-corrected chi connectivity index (χ2v) is 8.16. The number of nitrogens with one attached hydrogen (secondary N) is 1. The van der Waals surface area contributed by atoms with E-state index in [4.69, 9.17) is 22.1 Å². The second-order valence-electron chi connectivity index (χ2n) is 7.73. The van der Waals surface area contributed by atoms with Gasteiger partial charge in [-0.15, -0.1) is 0 Å². The van der Waals surface area contributed by atoms with Crippen LogP contribution in [0.3, 0.4) is 0 Å². The third-order valence-electron chi connectivity index (χ3n) is 5.41. The number of urea groups is 1. The summed E-state index contributed by atoms with van der Waals surface area (Å²) in [4.78, 5) is 31.0. The van der Waals surface area contributed by atoms with Gasteiger partial charge in [-0.1, -0.05) is 23.7 Å². The zero-order valence-corrected chi connectivity index (χ0v) is 19.7. The molecular formula is C24H25ClN6O3. The van der Waals surface area contributed by atoms with Gasteiger partial charge in [0.25, 0.3) is 5.91 Å². The number of carbonyl (C=O) groups excluding carboxylic acids is 2. The third kappa shape index (κ3) is 4.89. The van der Waals surface area contributed by atoms with Crippen LogP contribution in [0, 0.1) is 0 Å². The molecule has 0 radical (unpaired) electrons. The van der Waals surface area contributed by atoms with Crippen LogP contribution < -0.4 is 15.8 Å². The number of rotatable bonds is 6. The molecule has 0 bridgehead atoms. The van der Waals surface area contributed by atoms with E-state index in [0.29, 0.717) is 53.1 Å². The Morgan fingerprint density at radius 3 is 2.68 bits per heavy atom. The topological polar surface area (TPSA) is 115 Å². The highest BCUT2D eigenvalue weighted by Crippen LogP contribution is 2.33. The molecule has 176 valence electrons. The Bertz CT molecular complexity index is 1250. The average Bonchev–Trinajstić information content (AvgIpc) is 3.19. The summed E-state index contributed by atoms with van der Waals surface area (Å²) < 4.78 is 7.30. The van der Waals surface area contributed by atoms with Gasteiger partial charge in [0.15, 0.2) is 0 Å². The fraction of sp³-hybridized carbons (Fsp3) is 0.250. The van der Waals surface area contributed by atoms with E-state index in [1.165, 1.54) is 0 Å². The summed E-state index contributed by atoms with van der Waals surface area (Å²) in [6.45, 7) is 3.39. The molecule has 4 rings (SSSR count). The van der Waals surface area contributed by atoms with Crippen molar-refractivity contribution in [2.45, 2.75) is 20.0 Å². The van der Waals surface area contributed by atoms with E-state index in [-0.39, 0.29) is 18.1 Å². The fourth-order valence-electron chi connectivity index (χ4n) is 3.91. The molecule has 0 saturated heterocycles. The smallest absolute Gasteiger partial charge is 0.322 e. The number of fused-ring (bicyclic) bond motifs is 1. The van der Waals surface area contributed by atoms with E-state index < -0.39 is 5.91 Å². The summed E-state index contributed by atoms with van der Waals surface area (Å²) in [5.74, 6) is -0.0479. The van der Waals surface area contributed by atoms with Crippen molar-refractivity contribution in [3.05, 3.63) is 64.3 Å². The molecule has 2 heterocycles. The molecule has 0 spiro atoms. The Kier molecular flexibility index (Phi) is 6.83. The van der Waals surface area contributed by atoms with Crippen LogP contribution in [0.2, 0.25) is 5.02 Å². The van der Waals surface area contributed by atoms with Gasteiger partial charge in [0.1, 0.15) is 11.4 Å². The average molecular weight is 481 g/mol. The van der Waals surface area contributed by atoms with E-state index in [0.717, 1.165) is 5.56 Å². The number of ether oxygens (including phenoxy) is 1. The van der Waals surface area contributed by atoms with Crippen molar-refractivity contribution >= 4 is 35.4 Å². The molecular weight excluding hydrogens is 456 g/mol. The number of aliphatic imine (C=N–C) groups is 1. The van der Waals surface area contributed by atoms with Gasteiger partial charge in [-0.2, -0.15) is 5.10 Å². The number of halogens is 1. The minimum Gasteiger partial charge on any atom is -0.494 e. The molecule has 0 saturated carbocycles. The highest BCUT2D eigenvalue weighted by molar-refractivity contribution is 6.31. The maximum absolute atomic E-state index is 12.9. The first-order valence-corrected chi connectivity index (χ1v) is 11.2. The number of benzene rings is 2. The van der Waals surface area contributed by atoms with Gasteiger partial charge in [0, 0.05) is 36.1 Å². The molecule has 0 aliphatic carbocycles. The molecule has 1 aromatic heterocycles. The SMILES string of the molecule is CCOc1cc(Cl)cc(-c2nn3c(c2C(N)=O)CN(C(=O)Nc2ccc(C=NC)cc2)CC3)c1. The number of hydrogen-bond acceptors (Lipinski definition) is 5. The number of aromatic nitrogens is 2. The van der Waals surface area contributed by atoms with Crippen molar-refractivity contribution in [3.8, 4) is 17.0 Å². The van der Waals surface area contributed by atoms with Crippen LogP contribution >= 0.6 is 11.6 Å². The summed E-state index contributed by atoms with van der Waals surface area (Å²) in [7, 11) is 1.70. The van der Waals surface area contributed by atoms with Crippen LogP contribution in [0.1, 0.15) is 28.5 Å². The second kappa shape index (κ2) is 9.96. The van der Waals surface area contributed by atoms with E-state index >= 15 is 0 Å². The molecule has 1 aliphatic rings. The molecule has 2 aromatic carbocycles. The molecule has 10 heteroatoms. The van der Waals surface area contributed by atoms with Gasteiger partial charge in [-0.25, -0.2) is 4.79 Å². The normalized spacial score (nSPS) is 13.1. The Labute approximate surface area is 202 Å². The van der Waals surface area contributed by atoms with Crippen LogP contribution in [0.5, 0.6) is 5.75 Å². The number of nitrogens with zero attached hydrogens (tertiary/aromatic N) is 4. The minimum absolute atomic E-state index is 0.191. The van der Waals surface area contributed by atoms with E-state index in [2.05, 4.69) is 15.4 Å². The summed E-state index contributed by atoms with van der Waals surface area (Å²) >= 11 is 6.26. The van der Waals surface area contributed by atoms with Gasteiger partial charge in [-0.3, -0.25) is 14.5 Å². The highest BCUT2D eigenvalue weighted by atomic mass is 35.5. The number of amides is 3. The number of hydrogen-bond donors (Lipinski definition) is 2. The van der Waals surface area contributed by atoms with Crippen molar-refractivity contribution in [1.82, 2.24) is 14.7 Å². The van der Waals surface area contributed by atoms with Gasteiger partial charge < -0.3 is 20.7 Å². The highest BCUT2D eigenvalue weighted by Gasteiger charge is 2.30. The summed E-state index contributed by atoms with van der Waals surface area (Å²) in [6.07, 6.45) is 1.73. The lowest BCUT2D eigenvalue weighted by atomic mass is 10.0. The summed E-state index contributed by atoms with van der Waals surface area (Å²) in [5.41, 5.74) is 9.25. The first-order chi connectivity index (χ1) is 16.4. The van der Waals surface area contributed by atoms with Crippen molar-refractivity contribution in [2.75, 3.05) is 25.5 Å². The largest absolute Gasteiger partial charge is 0.494 e. The number of carbonyl (C=O) groups is 2. The molecule has 1 aliphatic heterocycles. The lowest BCUT2D eigenvalue weighted by Gasteiger charge is -2.28. The van der Waals surface area contributed by atoms with Crippen LogP contribution in [-0.2, 0) is 13.1 Å². The molecule has 0 atom stereocenters. The fourth-order valence-corrected chi connectivity index (χ4v) is 4.13.